The molecule has 2 N–H and O–H groups in total. The van der Waals surface area contributed by atoms with Gasteiger partial charge in [0.25, 0.3) is 0 Å². The van der Waals surface area contributed by atoms with E-state index in [0.717, 1.165) is 25.4 Å². The van der Waals surface area contributed by atoms with Crippen molar-refractivity contribution in [2.24, 2.45) is 5.73 Å². The minimum Gasteiger partial charge on any atom is -0.394 e. The van der Waals surface area contributed by atoms with Gasteiger partial charge in [0.15, 0.2) is 0 Å². The van der Waals surface area contributed by atoms with Gasteiger partial charge in [0.05, 0.1) is 0 Å². The van der Waals surface area contributed by atoms with Crippen molar-refractivity contribution < 1.29 is 8.85 Å². The van der Waals surface area contributed by atoms with Gasteiger partial charge >= 0.3 is 9.28 Å². The second kappa shape index (κ2) is 8.41. The van der Waals surface area contributed by atoms with Gasteiger partial charge in [0.1, 0.15) is 0 Å². The Morgan fingerprint density at radius 1 is 1.00 bits per heavy atom. The van der Waals surface area contributed by atoms with Crippen LogP contribution in [0.25, 0.3) is 0 Å². The van der Waals surface area contributed by atoms with E-state index in [1.54, 1.807) is 0 Å². The molecule has 0 saturated carbocycles. The Bertz CT molecular complexity index is 121. The van der Waals surface area contributed by atoms with Crippen molar-refractivity contribution in [3.05, 3.63) is 0 Å². The fraction of sp³-hybridized carbons (Fsp3) is 1.00. The summed E-state index contributed by atoms with van der Waals surface area (Å²) in [5.74, 6) is 0. The molecule has 0 aliphatic rings. The molecule has 0 aromatic heterocycles. The number of hydrogen-bond donors (Lipinski definition) is 1. The number of hydrogen-bond acceptors (Lipinski definition) is 3. The van der Waals surface area contributed by atoms with Crippen molar-refractivity contribution >= 4 is 9.28 Å². The molecular formula is C10H25NO2Si. The zero-order valence-electron chi connectivity index (χ0n) is 9.95. The van der Waals surface area contributed by atoms with Crippen molar-refractivity contribution in [1.29, 1.82) is 0 Å². The molecule has 0 aromatic rings. The van der Waals surface area contributed by atoms with Crippen molar-refractivity contribution in [3.63, 3.8) is 0 Å². The molecule has 0 saturated heterocycles. The van der Waals surface area contributed by atoms with Crippen LogP contribution in [-0.2, 0) is 8.85 Å². The summed E-state index contributed by atoms with van der Waals surface area (Å²) in [5.41, 5.74) is 5.45. The van der Waals surface area contributed by atoms with Gasteiger partial charge in [-0.3, -0.25) is 0 Å². The molecule has 0 amide bonds. The maximum Gasteiger partial charge on any atom is 0.321 e. The molecule has 14 heavy (non-hydrogen) atoms. The van der Waals surface area contributed by atoms with Gasteiger partial charge in [0.2, 0.25) is 0 Å². The van der Waals surface area contributed by atoms with E-state index < -0.39 is 9.28 Å². The Kier molecular flexibility index (Phi) is 8.47. The van der Waals surface area contributed by atoms with Gasteiger partial charge in [-0.15, -0.1) is 0 Å². The quantitative estimate of drug-likeness (QED) is 0.500. The van der Waals surface area contributed by atoms with E-state index in [2.05, 4.69) is 27.7 Å². The Morgan fingerprint density at radius 3 is 1.86 bits per heavy atom. The molecular weight excluding hydrogens is 194 g/mol. The lowest BCUT2D eigenvalue weighted by Crippen LogP contribution is -2.29. The molecule has 0 heterocycles. The molecule has 0 atom stereocenters. The van der Waals surface area contributed by atoms with Crippen molar-refractivity contribution in [1.82, 2.24) is 0 Å². The first-order valence-electron chi connectivity index (χ1n) is 5.57. The zero-order chi connectivity index (χ0) is 11.0. The maximum atomic E-state index is 5.78. The van der Waals surface area contributed by atoms with Gasteiger partial charge in [-0.1, -0.05) is 6.42 Å². The molecule has 86 valence electrons. The summed E-state index contributed by atoms with van der Waals surface area (Å²) < 4.78 is 11.6. The average Bonchev–Trinajstić information content (AvgIpc) is 2.02. The van der Waals surface area contributed by atoms with Gasteiger partial charge in [-0.2, -0.15) is 0 Å². The lowest BCUT2D eigenvalue weighted by molar-refractivity contribution is 0.129. The molecule has 0 bridgehead atoms. The summed E-state index contributed by atoms with van der Waals surface area (Å²) in [4.78, 5) is 0. The van der Waals surface area contributed by atoms with Crippen molar-refractivity contribution in [2.45, 2.75) is 58.8 Å². The van der Waals surface area contributed by atoms with E-state index in [0.29, 0.717) is 0 Å². The molecule has 0 unspecified atom stereocenters. The molecule has 0 fully saturated rings. The second-order valence-corrected chi connectivity index (χ2v) is 6.06. The SMILES string of the molecule is CC(C)O[SiH](CCCCN)OC(C)C. The smallest absolute Gasteiger partial charge is 0.321 e. The molecule has 0 aromatic carbocycles. The Hall–Kier alpha value is 0.0969. The number of nitrogens with two attached hydrogens (primary N) is 1. The highest BCUT2D eigenvalue weighted by Gasteiger charge is 2.16. The van der Waals surface area contributed by atoms with Crippen LogP contribution in [0.4, 0.5) is 0 Å². The van der Waals surface area contributed by atoms with Crippen LogP contribution in [0.15, 0.2) is 0 Å². The normalized spacial score (nSPS) is 12.0. The molecule has 0 spiro atoms. The van der Waals surface area contributed by atoms with Crippen LogP contribution in [0, 0.1) is 0 Å². The van der Waals surface area contributed by atoms with E-state index in [4.69, 9.17) is 14.6 Å². The minimum absolute atomic E-state index is 0.281. The highest BCUT2D eigenvalue weighted by Crippen LogP contribution is 2.08. The number of unbranched alkanes of at least 4 members (excludes halogenated alkanes) is 1. The fourth-order valence-electron chi connectivity index (χ4n) is 1.23. The highest BCUT2D eigenvalue weighted by atomic mass is 28.3. The minimum atomic E-state index is -1.44. The van der Waals surface area contributed by atoms with Crippen molar-refractivity contribution in [3.8, 4) is 0 Å². The van der Waals surface area contributed by atoms with Crippen LogP contribution < -0.4 is 5.73 Å². The Morgan fingerprint density at radius 2 is 1.50 bits per heavy atom. The van der Waals surface area contributed by atoms with Crippen LogP contribution >= 0.6 is 0 Å². The van der Waals surface area contributed by atoms with Gasteiger partial charge in [-0.05, 0) is 46.7 Å². The van der Waals surface area contributed by atoms with Crippen LogP contribution in [-0.4, -0.2) is 28.0 Å². The number of rotatable bonds is 8. The van der Waals surface area contributed by atoms with E-state index in [-0.39, 0.29) is 12.2 Å². The summed E-state index contributed by atoms with van der Waals surface area (Å²) in [6.07, 6.45) is 2.77. The van der Waals surface area contributed by atoms with Gasteiger partial charge in [-0.25, -0.2) is 0 Å². The van der Waals surface area contributed by atoms with E-state index in [1.807, 2.05) is 0 Å². The summed E-state index contributed by atoms with van der Waals surface area (Å²) >= 11 is 0. The summed E-state index contributed by atoms with van der Waals surface area (Å²) in [7, 11) is -1.44. The van der Waals surface area contributed by atoms with E-state index >= 15 is 0 Å². The summed E-state index contributed by atoms with van der Waals surface area (Å²) in [6.45, 7) is 9.02. The van der Waals surface area contributed by atoms with Crippen LogP contribution in [0.5, 0.6) is 0 Å². The standard InChI is InChI=1S/C10H25NO2Si/c1-9(2)12-14(13-10(3)4)8-6-5-7-11/h9-10,14H,5-8,11H2,1-4H3. The molecule has 0 rings (SSSR count). The molecule has 0 aliphatic heterocycles. The summed E-state index contributed by atoms with van der Waals surface area (Å²) in [6, 6.07) is 1.08. The Labute approximate surface area is 89.8 Å². The summed E-state index contributed by atoms with van der Waals surface area (Å²) in [5, 5.41) is 0. The third kappa shape index (κ3) is 8.68. The van der Waals surface area contributed by atoms with Crippen LogP contribution in [0.3, 0.4) is 0 Å². The predicted octanol–water partition coefficient (Wildman–Crippen LogP) is 1.80. The van der Waals surface area contributed by atoms with Gasteiger partial charge < -0.3 is 14.6 Å². The first kappa shape index (κ1) is 14.1. The van der Waals surface area contributed by atoms with E-state index in [9.17, 15) is 0 Å². The first-order chi connectivity index (χ1) is 6.56. The third-order valence-corrected chi connectivity index (χ3v) is 4.32. The van der Waals surface area contributed by atoms with E-state index in [1.165, 1.54) is 0 Å². The fourth-order valence-corrected chi connectivity index (χ4v) is 3.40. The van der Waals surface area contributed by atoms with Crippen molar-refractivity contribution in [2.75, 3.05) is 6.54 Å². The largest absolute Gasteiger partial charge is 0.394 e. The molecule has 4 heteroatoms. The highest BCUT2D eigenvalue weighted by molar-refractivity contribution is 6.44. The monoisotopic (exact) mass is 219 g/mol. The maximum absolute atomic E-state index is 5.78. The first-order valence-corrected chi connectivity index (χ1v) is 7.33. The lowest BCUT2D eigenvalue weighted by Gasteiger charge is -2.21. The van der Waals surface area contributed by atoms with Gasteiger partial charge in [0, 0.05) is 12.2 Å². The van der Waals surface area contributed by atoms with Crippen LogP contribution in [0.2, 0.25) is 6.04 Å². The molecule has 0 aliphatic carbocycles. The zero-order valence-corrected chi connectivity index (χ0v) is 11.1. The average molecular weight is 219 g/mol. The van der Waals surface area contributed by atoms with Crippen LogP contribution in [0.1, 0.15) is 40.5 Å². The Balaban J connectivity index is 3.72. The second-order valence-electron chi connectivity index (χ2n) is 4.08. The third-order valence-electron chi connectivity index (χ3n) is 1.74. The topological polar surface area (TPSA) is 44.5 Å². The molecule has 3 nitrogen and oxygen atoms in total. The molecule has 0 radical (unpaired) electrons. The predicted molar refractivity (Wildman–Crippen MR) is 62.7 cm³/mol. The lowest BCUT2D eigenvalue weighted by atomic mass is 10.3.